The summed E-state index contributed by atoms with van der Waals surface area (Å²) >= 11 is 0. The van der Waals surface area contributed by atoms with E-state index in [9.17, 15) is 26.3 Å². The van der Waals surface area contributed by atoms with Gasteiger partial charge >= 0.3 is 12.4 Å². The minimum Gasteiger partial charge on any atom is -0.441 e. The van der Waals surface area contributed by atoms with Crippen LogP contribution in [0.15, 0.2) is 93.8 Å². The zero-order valence-electron chi connectivity index (χ0n) is 21.6. The third-order valence-corrected chi connectivity index (χ3v) is 7.12. The first-order valence-corrected chi connectivity index (χ1v) is 12.5. The Balaban J connectivity index is 1.39. The lowest BCUT2D eigenvalue weighted by atomic mass is 9.72. The van der Waals surface area contributed by atoms with Gasteiger partial charge in [0.25, 0.3) is 0 Å². The van der Waals surface area contributed by atoms with Gasteiger partial charge in [-0.1, -0.05) is 54.1 Å². The Hall–Kier alpha value is -4.60. The van der Waals surface area contributed by atoms with Gasteiger partial charge in [0.1, 0.15) is 11.0 Å². The van der Waals surface area contributed by atoms with Crippen LogP contribution in [0.5, 0.6) is 0 Å². The molecule has 0 N–H and O–H groups in total. The summed E-state index contributed by atoms with van der Waals surface area (Å²) in [6, 6.07) is 19.0. The number of oxazole rings is 2. The number of rotatable bonds is 4. The normalized spacial score (nSPS) is 12.9. The summed E-state index contributed by atoms with van der Waals surface area (Å²) in [6.07, 6.45) is -11.3. The van der Waals surface area contributed by atoms with E-state index in [0.717, 1.165) is 47.5 Å². The maximum absolute atomic E-state index is 14.4. The molecule has 0 unspecified atom stereocenters. The molecule has 0 aliphatic carbocycles. The molecule has 41 heavy (non-hydrogen) atoms. The third kappa shape index (κ3) is 4.34. The van der Waals surface area contributed by atoms with Crippen LogP contribution < -0.4 is 0 Å². The molecule has 4 aromatic carbocycles. The van der Waals surface area contributed by atoms with E-state index in [1.54, 1.807) is 26.0 Å². The fraction of sp³-hybridized carbons (Fsp3) is 0.161. The van der Waals surface area contributed by atoms with Gasteiger partial charge in [-0.15, -0.1) is 0 Å². The number of hydrogen-bond acceptors (Lipinski definition) is 4. The summed E-state index contributed by atoms with van der Waals surface area (Å²) in [5.41, 5.74) is -1.42. The van der Waals surface area contributed by atoms with Crippen LogP contribution in [0, 0.1) is 13.8 Å². The minimum absolute atomic E-state index is 0.0613. The van der Waals surface area contributed by atoms with Crippen molar-refractivity contribution in [1.29, 1.82) is 0 Å². The highest BCUT2D eigenvalue weighted by Crippen LogP contribution is 2.56. The lowest BCUT2D eigenvalue weighted by molar-refractivity contribution is -0.288. The quantitative estimate of drug-likeness (QED) is 0.200. The molecule has 4 nitrogen and oxygen atoms in total. The SMILES string of the molecule is Cc1ccc(C(c2ccc(-c3nc4cc(-c5ccc6oc(C)nc6c5)ccc4o3)cc2)(C(F)(F)F)C(F)(F)F)cc1. The maximum Gasteiger partial charge on any atom is 0.411 e. The van der Waals surface area contributed by atoms with Crippen molar-refractivity contribution in [3.05, 3.63) is 108 Å². The van der Waals surface area contributed by atoms with E-state index in [1.165, 1.54) is 12.1 Å². The predicted octanol–water partition coefficient (Wildman–Crippen LogP) is 9.33. The smallest absolute Gasteiger partial charge is 0.411 e. The largest absolute Gasteiger partial charge is 0.441 e. The molecule has 10 heteroatoms. The van der Waals surface area contributed by atoms with Gasteiger partial charge in [0, 0.05) is 12.5 Å². The molecule has 0 fully saturated rings. The number of nitrogens with zero attached hydrogens (tertiary/aromatic N) is 2. The van der Waals surface area contributed by atoms with E-state index in [1.807, 2.05) is 24.3 Å². The lowest BCUT2D eigenvalue weighted by Gasteiger charge is -2.38. The van der Waals surface area contributed by atoms with Crippen LogP contribution in [0.25, 0.3) is 44.8 Å². The highest BCUT2D eigenvalue weighted by atomic mass is 19.4. The van der Waals surface area contributed by atoms with Crippen LogP contribution in [0.2, 0.25) is 0 Å². The maximum atomic E-state index is 14.4. The van der Waals surface area contributed by atoms with Crippen molar-refractivity contribution in [2.75, 3.05) is 0 Å². The zero-order chi connectivity index (χ0) is 29.2. The second-order valence-electron chi connectivity index (χ2n) is 9.81. The first-order valence-electron chi connectivity index (χ1n) is 12.5. The van der Waals surface area contributed by atoms with E-state index in [2.05, 4.69) is 9.97 Å². The van der Waals surface area contributed by atoms with Gasteiger partial charge in [0.15, 0.2) is 17.1 Å². The van der Waals surface area contributed by atoms with Crippen LogP contribution in [0.3, 0.4) is 0 Å². The summed E-state index contributed by atoms with van der Waals surface area (Å²) in [5.74, 6) is 0.604. The number of fused-ring (bicyclic) bond motifs is 2. The monoisotopic (exact) mass is 566 g/mol. The van der Waals surface area contributed by atoms with E-state index in [4.69, 9.17) is 8.83 Å². The molecule has 0 spiro atoms. The fourth-order valence-corrected chi connectivity index (χ4v) is 5.10. The van der Waals surface area contributed by atoms with Crippen LogP contribution >= 0.6 is 0 Å². The fourth-order valence-electron chi connectivity index (χ4n) is 5.10. The second kappa shape index (κ2) is 9.22. The van der Waals surface area contributed by atoms with Gasteiger partial charge in [-0.25, -0.2) is 9.97 Å². The minimum atomic E-state index is -5.66. The van der Waals surface area contributed by atoms with Crippen molar-refractivity contribution >= 4 is 22.2 Å². The van der Waals surface area contributed by atoms with Crippen molar-refractivity contribution in [3.63, 3.8) is 0 Å². The standard InChI is InChI=1S/C31H20F6N2O2/c1-17-3-9-22(10-4-17)29(30(32,33)34,31(35,36)37)23-11-5-19(6-12-23)28-39-25-16-21(8-14-27(25)41-28)20-7-13-26-24(15-20)38-18(2)40-26/h3-16H,1-2H3. The zero-order valence-corrected chi connectivity index (χ0v) is 21.6. The van der Waals surface area contributed by atoms with E-state index in [-0.39, 0.29) is 11.5 Å². The van der Waals surface area contributed by atoms with Crippen LogP contribution in [0.1, 0.15) is 22.6 Å². The van der Waals surface area contributed by atoms with Gasteiger partial charge in [-0.05, 0) is 65.6 Å². The molecular weight excluding hydrogens is 546 g/mol. The summed E-state index contributed by atoms with van der Waals surface area (Å²) in [4.78, 5) is 8.79. The van der Waals surface area contributed by atoms with Crippen molar-refractivity contribution in [3.8, 4) is 22.6 Å². The molecular formula is C31H20F6N2O2. The molecule has 0 saturated heterocycles. The first kappa shape index (κ1) is 26.6. The molecule has 0 saturated carbocycles. The molecule has 0 radical (unpaired) electrons. The number of hydrogen-bond donors (Lipinski definition) is 0. The summed E-state index contributed by atoms with van der Waals surface area (Å²) in [5, 5.41) is 0. The van der Waals surface area contributed by atoms with Crippen molar-refractivity contribution in [2.45, 2.75) is 31.6 Å². The molecule has 0 atom stereocenters. The van der Waals surface area contributed by atoms with Gasteiger partial charge in [-0.3, -0.25) is 0 Å². The molecule has 6 aromatic rings. The van der Waals surface area contributed by atoms with Gasteiger partial charge in [-0.2, -0.15) is 26.3 Å². The van der Waals surface area contributed by atoms with Crippen molar-refractivity contribution in [2.24, 2.45) is 0 Å². The van der Waals surface area contributed by atoms with E-state index < -0.39 is 28.9 Å². The molecule has 0 bridgehead atoms. The second-order valence-corrected chi connectivity index (χ2v) is 9.81. The van der Waals surface area contributed by atoms with Gasteiger partial charge in [0.2, 0.25) is 11.3 Å². The van der Waals surface area contributed by atoms with E-state index in [0.29, 0.717) is 33.7 Å². The van der Waals surface area contributed by atoms with Crippen LogP contribution in [0.4, 0.5) is 26.3 Å². The van der Waals surface area contributed by atoms with Gasteiger partial charge in [0.05, 0.1) is 0 Å². The Kier molecular flexibility index (Phi) is 5.99. The molecule has 208 valence electrons. The van der Waals surface area contributed by atoms with Crippen molar-refractivity contribution < 1.29 is 35.2 Å². The summed E-state index contributed by atoms with van der Waals surface area (Å²) in [7, 11) is 0. The number of halogens is 6. The Bertz CT molecular complexity index is 1870. The Morgan fingerprint density at radius 2 is 1.00 bits per heavy atom. The molecule has 0 aliphatic heterocycles. The molecule has 0 amide bonds. The molecule has 6 rings (SSSR count). The lowest BCUT2D eigenvalue weighted by Crippen LogP contribution is -2.54. The third-order valence-electron chi connectivity index (χ3n) is 7.12. The number of benzene rings is 4. The highest BCUT2D eigenvalue weighted by molar-refractivity contribution is 5.85. The number of aromatic nitrogens is 2. The average molecular weight is 567 g/mol. The predicted molar refractivity (Wildman–Crippen MR) is 141 cm³/mol. The molecule has 0 aliphatic rings. The first-order chi connectivity index (χ1) is 19.4. The Morgan fingerprint density at radius 1 is 0.537 bits per heavy atom. The average Bonchev–Trinajstić information content (AvgIpc) is 3.50. The summed E-state index contributed by atoms with van der Waals surface area (Å²) in [6.45, 7) is 3.34. The van der Waals surface area contributed by atoms with Gasteiger partial charge < -0.3 is 8.83 Å². The summed E-state index contributed by atoms with van der Waals surface area (Å²) < 4.78 is 97.8. The highest BCUT2D eigenvalue weighted by Gasteiger charge is 2.72. The molecule has 2 heterocycles. The number of alkyl halides is 6. The molecule has 2 aromatic heterocycles. The number of aryl methyl sites for hydroxylation is 2. The topological polar surface area (TPSA) is 52.1 Å². The Morgan fingerprint density at radius 3 is 1.54 bits per heavy atom. The van der Waals surface area contributed by atoms with Crippen molar-refractivity contribution in [1.82, 2.24) is 9.97 Å². The Labute approximate surface area is 229 Å². The van der Waals surface area contributed by atoms with Crippen LogP contribution in [-0.4, -0.2) is 22.3 Å². The van der Waals surface area contributed by atoms with Crippen LogP contribution in [-0.2, 0) is 5.41 Å². The van der Waals surface area contributed by atoms with E-state index >= 15 is 0 Å².